The number of hydrogen-bond acceptors (Lipinski definition) is 8. The van der Waals surface area contributed by atoms with Crippen LogP contribution in [0.2, 0.25) is 0 Å². The van der Waals surface area contributed by atoms with Crippen molar-refractivity contribution in [2.45, 2.75) is 137 Å². The smallest absolute Gasteiger partial charge is 0.303 e. The number of allylic oxidation sites excluding steroid dienone is 1. The second-order valence-electron chi connectivity index (χ2n) is 20.8. The SMILES string of the molecule is C=C[C@@H]1C[C@]1(CC(=O)[C@@H]1C[C@@]2(CN1C(=O)[C@@H](CC(=O)[C@@H](NC(=O)c1cc3ccccc3o1)C1CCCCC1)C(C)(C)C)C(C)(C)C21CCC1)C(=O)NS(=O)(=O)N1CCCC1. The maximum atomic E-state index is 15.3. The molecule has 3 amide bonds. The quantitative estimate of drug-likeness (QED) is 0.190. The summed E-state index contributed by atoms with van der Waals surface area (Å²) in [5.74, 6) is -3.02. The first-order valence-electron chi connectivity index (χ1n) is 22.4. The highest BCUT2D eigenvalue weighted by molar-refractivity contribution is 7.87. The molecule has 6 atom stereocenters. The second kappa shape index (κ2) is 15.2. The van der Waals surface area contributed by atoms with Crippen LogP contribution in [0.1, 0.15) is 135 Å². The monoisotopic (exact) mass is 844 g/mol. The number of benzene rings is 1. The maximum absolute atomic E-state index is 15.3. The normalized spacial score (nSPS) is 29.5. The molecule has 3 heterocycles. The van der Waals surface area contributed by atoms with E-state index in [1.54, 1.807) is 23.1 Å². The van der Waals surface area contributed by atoms with Gasteiger partial charge < -0.3 is 14.6 Å². The van der Waals surface area contributed by atoms with E-state index in [2.05, 4.69) is 30.5 Å². The molecule has 8 rings (SSSR count). The highest BCUT2D eigenvalue weighted by Crippen LogP contribution is 2.88. The predicted octanol–water partition coefficient (Wildman–Crippen LogP) is 7.14. The summed E-state index contributed by atoms with van der Waals surface area (Å²) in [6.07, 6.45) is 11.2. The minimum Gasteiger partial charge on any atom is -0.451 e. The molecule has 1 aromatic heterocycles. The van der Waals surface area contributed by atoms with Gasteiger partial charge in [-0.05, 0) is 91.6 Å². The largest absolute Gasteiger partial charge is 0.451 e. The Morgan fingerprint density at radius 3 is 2.22 bits per heavy atom. The number of carbonyl (C=O) groups is 5. The fraction of sp³-hybridized carbons (Fsp3) is 0.681. The van der Waals surface area contributed by atoms with E-state index in [1.807, 2.05) is 39.0 Å². The van der Waals surface area contributed by atoms with Crippen molar-refractivity contribution < 1.29 is 36.8 Å². The van der Waals surface area contributed by atoms with E-state index in [0.717, 1.165) is 69.6 Å². The molecule has 2 spiro atoms. The average Bonchev–Trinajstić information content (AvgIpc) is 3.59. The average molecular weight is 845 g/mol. The van der Waals surface area contributed by atoms with E-state index in [-0.39, 0.29) is 64.2 Å². The second-order valence-corrected chi connectivity index (χ2v) is 22.5. The Kier molecular flexibility index (Phi) is 10.9. The molecule has 2 aromatic rings. The summed E-state index contributed by atoms with van der Waals surface area (Å²) >= 11 is 0. The van der Waals surface area contributed by atoms with Crippen molar-refractivity contribution in [1.29, 1.82) is 0 Å². The highest BCUT2D eigenvalue weighted by atomic mass is 32.2. The van der Waals surface area contributed by atoms with E-state index < -0.39 is 50.9 Å². The van der Waals surface area contributed by atoms with Crippen LogP contribution in [0.5, 0.6) is 0 Å². The number of para-hydroxylation sites is 1. The van der Waals surface area contributed by atoms with Gasteiger partial charge in [0.1, 0.15) is 5.58 Å². The molecular weight excluding hydrogens is 781 g/mol. The first-order valence-corrected chi connectivity index (χ1v) is 23.9. The van der Waals surface area contributed by atoms with E-state index >= 15 is 4.79 Å². The Morgan fingerprint density at radius 2 is 1.63 bits per heavy atom. The number of carbonyl (C=O) groups excluding carboxylic acids is 5. The lowest BCUT2D eigenvalue weighted by Crippen LogP contribution is -2.51. The summed E-state index contributed by atoms with van der Waals surface area (Å²) in [7, 11) is -4.07. The zero-order valence-electron chi connectivity index (χ0n) is 36.1. The van der Waals surface area contributed by atoms with E-state index in [1.165, 1.54) is 4.31 Å². The maximum Gasteiger partial charge on any atom is 0.303 e. The Balaban J connectivity index is 1.06. The number of nitrogens with one attached hydrogen (secondary N) is 2. The highest BCUT2D eigenvalue weighted by Gasteiger charge is 2.85. The number of hydrogen-bond donors (Lipinski definition) is 2. The lowest BCUT2D eigenvalue weighted by atomic mass is 9.73. The molecule has 13 heteroatoms. The molecule has 6 fully saturated rings. The first kappa shape index (κ1) is 42.8. The van der Waals surface area contributed by atoms with Crippen molar-refractivity contribution >= 4 is 50.5 Å². The third-order valence-electron chi connectivity index (χ3n) is 16.6. The number of Topliss-reactive ketones (excluding diaryl/α,β-unsaturated/α-hetero) is 2. The van der Waals surface area contributed by atoms with Gasteiger partial charge in [0.15, 0.2) is 17.3 Å². The molecule has 1 aromatic carbocycles. The van der Waals surface area contributed by atoms with Crippen LogP contribution in [0, 0.1) is 44.8 Å². The van der Waals surface area contributed by atoms with Crippen molar-refractivity contribution in [3.63, 3.8) is 0 Å². The third-order valence-corrected chi connectivity index (χ3v) is 18.1. The van der Waals surface area contributed by atoms with Crippen molar-refractivity contribution in [1.82, 2.24) is 19.2 Å². The van der Waals surface area contributed by atoms with Crippen molar-refractivity contribution in [3.05, 3.63) is 48.7 Å². The van der Waals surface area contributed by atoms with Gasteiger partial charge in [0.05, 0.1) is 17.5 Å². The van der Waals surface area contributed by atoms with E-state index in [0.29, 0.717) is 38.1 Å². The molecule has 2 aliphatic heterocycles. The molecule has 326 valence electrons. The topological polar surface area (TPSA) is 163 Å². The lowest BCUT2D eigenvalue weighted by Gasteiger charge is -2.37. The summed E-state index contributed by atoms with van der Waals surface area (Å²) < 4.78 is 35.9. The van der Waals surface area contributed by atoms with E-state index in [4.69, 9.17) is 4.42 Å². The minimum absolute atomic E-state index is 0.00965. The van der Waals surface area contributed by atoms with Gasteiger partial charge in [0, 0.05) is 49.2 Å². The van der Waals surface area contributed by atoms with Crippen LogP contribution in [0.3, 0.4) is 0 Å². The Labute approximate surface area is 355 Å². The molecule has 60 heavy (non-hydrogen) atoms. The Morgan fingerprint density at radius 1 is 0.950 bits per heavy atom. The molecule has 4 aliphatic carbocycles. The fourth-order valence-electron chi connectivity index (χ4n) is 12.5. The third kappa shape index (κ3) is 6.97. The molecule has 0 unspecified atom stereocenters. The van der Waals surface area contributed by atoms with Crippen LogP contribution in [0.15, 0.2) is 47.4 Å². The summed E-state index contributed by atoms with van der Waals surface area (Å²) in [5.41, 5.74) is -1.77. The zero-order chi connectivity index (χ0) is 43.0. The minimum atomic E-state index is -4.07. The van der Waals surface area contributed by atoms with Gasteiger partial charge in [0.25, 0.3) is 5.91 Å². The Hall–Kier alpha value is -3.84. The van der Waals surface area contributed by atoms with Crippen LogP contribution in [-0.2, 0) is 29.4 Å². The molecule has 6 aliphatic rings. The van der Waals surface area contributed by atoms with Gasteiger partial charge in [-0.25, -0.2) is 4.72 Å². The number of furan rings is 1. The predicted molar refractivity (Wildman–Crippen MR) is 227 cm³/mol. The number of amides is 3. The molecule has 2 N–H and O–H groups in total. The summed E-state index contributed by atoms with van der Waals surface area (Å²) in [5, 5.41) is 3.84. The van der Waals surface area contributed by atoms with Crippen LogP contribution >= 0.6 is 0 Å². The zero-order valence-corrected chi connectivity index (χ0v) is 37.0. The molecular formula is C47H64N4O8S. The molecule has 0 radical (unpaired) electrons. The molecule has 2 saturated heterocycles. The van der Waals surface area contributed by atoms with Crippen molar-refractivity contribution in [2.24, 2.45) is 44.8 Å². The van der Waals surface area contributed by atoms with Gasteiger partial charge in [0.2, 0.25) is 11.8 Å². The number of likely N-dealkylation sites (tertiary alicyclic amines) is 1. The summed E-state index contributed by atoms with van der Waals surface area (Å²) in [4.78, 5) is 74.4. The molecule has 4 saturated carbocycles. The number of nitrogens with zero attached hydrogens (tertiary/aromatic N) is 2. The summed E-state index contributed by atoms with van der Waals surface area (Å²) in [6.45, 7) is 15.3. The number of ketones is 2. The van der Waals surface area contributed by atoms with E-state index in [9.17, 15) is 27.6 Å². The van der Waals surface area contributed by atoms with Gasteiger partial charge in [-0.2, -0.15) is 12.7 Å². The van der Waals surface area contributed by atoms with Crippen LogP contribution in [0.25, 0.3) is 11.0 Å². The van der Waals surface area contributed by atoms with Gasteiger partial charge >= 0.3 is 10.2 Å². The molecule has 12 nitrogen and oxygen atoms in total. The number of fused-ring (bicyclic) bond motifs is 2. The van der Waals surface area contributed by atoms with Gasteiger partial charge in [-0.3, -0.25) is 24.0 Å². The molecule has 0 bridgehead atoms. The van der Waals surface area contributed by atoms with Crippen LogP contribution in [0.4, 0.5) is 0 Å². The van der Waals surface area contributed by atoms with Crippen molar-refractivity contribution in [3.8, 4) is 0 Å². The lowest BCUT2D eigenvalue weighted by molar-refractivity contribution is -0.146. The van der Waals surface area contributed by atoms with Crippen molar-refractivity contribution in [2.75, 3.05) is 19.6 Å². The Bertz CT molecular complexity index is 2160. The first-order chi connectivity index (χ1) is 28.3. The number of rotatable bonds is 14. The standard InChI is InChI=1S/C47H64N4O8S/c1-7-32-26-45(32,42(56)49-60(57,58)50-22-13-14-23-50)28-36(53)34-27-47(44(5,6)46(47)20-15-21-46)29-51(34)41(55)33(43(2,3)4)25-35(52)39(30-16-9-8-10-17-30)48-40(54)38-24-31-18-11-12-19-37(31)59-38/h7,11-12,18-19,24,30,32-34,39H,1,8-10,13-17,20-23,25-29H2,2-6H3,(H,48,54)(H,49,56)/t32-,33-,34+,39+,45-,47-/m1/s1. The summed E-state index contributed by atoms with van der Waals surface area (Å²) in [6, 6.07) is 7.41. The van der Waals surface area contributed by atoms with Crippen LogP contribution < -0.4 is 10.0 Å². The van der Waals surface area contributed by atoms with Gasteiger partial charge in [-0.15, -0.1) is 6.58 Å². The fourth-order valence-corrected chi connectivity index (χ4v) is 13.8. The van der Waals surface area contributed by atoms with Gasteiger partial charge in [-0.1, -0.05) is 84.6 Å². The van der Waals surface area contributed by atoms with Crippen LogP contribution in [-0.4, -0.2) is 78.6 Å².